The molecule has 8 heteroatoms. The second-order valence-electron chi connectivity index (χ2n) is 6.62. The van der Waals surface area contributed by atoms with Gasteiger partial charge >= 0.3 is 6.01 Å². The van der Waals surface area contributed by atoms with Gasteiger partial charge in [0, 0.05) is 37.1 Å². The zero-order chi connectivity index (χ0) is 17.3. The Bertz CT molecular complexity index is 772. The summed E-state index contributed by atoms with van der Waals surface area (Å²) in [7, 11) is 0. The quantitative estimate of drug-likeness (QED) is 0.810. The molecule has 0 saturated carbocycles. The van der Waals surface area contributed by atoms with E-state index in [2.05, 4.69) is 19.9 Å². The van der Waals surface area contributed by atoms with Crippen LogP contribution < -0.4 is 4.74 Å². The number of ether oxygens (including phenoxy) is 2. The molecule has 0 aromatic carbocycles. The molecule has 25 heavy (non-hydrogen) atoms. The first-order chi connectivity index (χ1) is 12.2. The number of carbonyl (C=O) groups excluding carboxylic acids is 1. The highest BCUT2D eigenvalue weighted by Gasteiger charge is 2.52. The van der Waals surface area contributed by atoms with E-state index in [-0.39, 0.29) is 17.2 Å². The number of likely N-dealkylation sites (tertiary alicyclic amines) is 1. The second-order valence-corrected chi connectivity index (χ2v) is 6.62. The van der Waals surface area contributed by atoms with Gasteiger partial charge in [-0.2, -0.15) is 0 Å². The Morgan fingerprint density at radius 3 is 3.12 bits per heavy atom. The first-order valence-electron chi connectivity index (χ1n) is 8.22. The van der Waals surface area contributed by atoms with Crippen LogP contribution in [0.4, 0.5) is 0 Å². The van der Waals surface area contributed by atoms with E-state index in [0.29, 0.717) is 44.6 Å². The summed E-state index contributed by atoms with van der Waals surface area (Å²) < 4.78 is 11.5. The van der Waals surface area contributed by atoms with Crippen molar-refractivity contribution in [1.29, 1.82) is 0 Å². The average Bonchev–Trinajstić information content (AvgIpc) is 3.17. The number of hydrogen-bond acceptors (Lipinski definition) is 7. The van der Waals surface area contributed by atoms with Crippen LogP contribution in [0.25, 0.3) is 0 Å². The van der Waals surface area contributed by atoms with E-state index >= 15 is 0 Å². The van der Waals surface area contributed by atoms with Crippen LogP contribution >= 0.6 is 0 Å². The van der Waals surface area contributed by atoms with Crippen molar-refractivity contribution in [2.24, 2.45) is 11.3 Å². The van der Waals surface area contributed by atoms with Gasteiger partial charge in [-0.25, -0.2) is 19.9 Å². The molecular formula is C17H19N5O3. The minimum atomic E-state index is -0.226. The second kappa shape index (κ2) is 6.36. The monoisotopic (exact) mass is 341 g/mol. The molecule has 2 aromatic rings. The van der Waals surface area contributed by atoms with E-state index in [1.165, 1.54) is 6.33 Å². The van der Waals surface area contributed by atoms with Crippen LogP contribution in [-0.2, 0) is 4.74 Å². The van der Waals surface area contributed by atoms with Crippen molar-refractivity contribution in [3.63, 3.8) is 0 Å². The summed E-state index contributed by atoms with van der Waals surface area (Å²) >= 11 is 0. The molecule has 2 atom stereocenters. The van der Waals surface area contributed by atoms with Crippen molar-refractivity contribution < 1.29 is 14.3 Å². The van der Waals surface area contributed by atoms with E-state index in [0.717, 1.165) is 5.69 Å². The molecule has 2 aliphatic heterocycles. The molecule has 8 nitrogen and oxygen atoms in total. The third-order valence-electron chi connectivity index (χ3n) is 4.87. The highest BCUT2D eigenvalue weighted by atomic mass is 16.5. The lowest BCUT2D eigenvalue weighted by molar-refractivity contribution is 0.0645. The third kappa shape index (κ3) is 3.05. The maximum absolute atomic E-state index is 12.7. The molecule has 0 spiro atoms. The van der Waals surface area contributed by atoms with Crippen molar-refractivity contribution in [3.05, 3.63) is 42.2 Å². The Morgan fingerprint density at radius 2 is 2.32 bits per heavy atom. The summed E-state index contributed by atoms with van der Waals surface area (Å²) in [5.41, 5.74) is 1.04. The standard InChI is InChI=1S/C17H19N5O3/c1-12-2-5-19-16(21-12)25-10-17-8-22(6-13(17)7-24-9-17)15(23)14-3-4-18-11-20-14/h2-5,11,13H,6-10H2,1H3/t13-,17+/m1/s1. The SMILES string of the molecule is Cc1ccnc(OC[C@]23COC[C@H]2CN(C(=O)c2ccncn2)C3)n1. The molecule has 2 fully saturated rings. The number of amides is 1. The highest BCUT2D eigenvalue weighted by Crippen LogP contribution is 2.41. The molecule has 2 aromatic heterocycles. The summed E-state index contributed by atoms with van der Waals surface area (Å²) in [5.74, 6) is 0.158. The van der Waals surface area contributed by atoms with Gasteiger partial charge < -0.3 is 14.4 Å². The van der Waals surface area contributed by atoms with Crippen molar-refractivity contribution in [2.75, 3.05) is 32.9 Å². The summed E-state index contributed by atoms with van der Waals surface area (Å²) in [4.78, 5) is 30.8. The Kier molecular flexibility index (Phi) is 4.04. The van der Waals surface area contributed by atoms with E-state index in [9.17, 15) is 4.79 Å². The van der Waals surface area contributed by atoms with Gasteiger partial charge in [-0.05, 0) is 19.1 Å². The van der Waals surface area contributed by atoms with Crippen LogP contribution in [0.5, 0.6) is 6.01 Å². The van der Waals surface area contributed by atoms with E-state index < -0.39 is 0 Å². The number of rotatable bonds is 4. The zero-order valence-electron chi connectivity index (χ0n) is 14.0. The molecular weight excluding hydrogens is 322 g/mol. The van der Waals surface area contributed by atoms with Gasteiger partial charge in [0.05, 0.1) is 18.6 Å². The van der Waals surface area contributed by atoms with Crippen LogP contribution in [0, 0.1) is 18.3 Å². The van der Waals surface area contributed by atoms with Gasteiger partial charge in [-0.3, -0.25) is 4.79 Å². The van der Waals surface area contributed by atoms with E-state index in [1.54, 1.807) is 18.5 Å². The fourth-order valence-electron chi connectivity index (χ4n) is 3.47. The minimum Gasteiger partial charge on any atom is -0.463 e. The highest BCUT2D eigenvalue weighted by molar-refractivity contribution is 5.92. The normalized spacial score (nSPS) is 25.0. The predicted octanol–water partition coefficient (Wildman–Crippen LogP) is 0.743. The Morgan fingerprint density at radius 1 is 1.40 bits per heavy atom. The van der Waals surface area contributed by atoms with E-state index in [4.69, 9.17) is 9.47 Å². The molecule has 0 bridgehead atoms. The van der Waals surface area contributed by atoms with Crippen LogP contribution in [0.15, 0.2) is 30.9 Å². The van der Waals surface area contributed by atoms with Crippen LogP contribution in [-0.4, -0.2) is 63.7 Å². The molecule has 130 valence electrons. The fourth-order valence-corrected chi connectivity index (χ4v) is 3.47. The average molecular weight is 341 g/mol. The molecule has 1 amide bonds. The Hall–Kier alpha value is -2.61. The molecule has 0 unspecified atom stereocenters. The van der Waals surface area contributed by atoms with Gasteiger partial charge in [0.2, 0.25) is 0 Å². The van der Waals surface area contributed by atoms with Gasteiger partial charge in [-0.15, -0.1) is 0 Å². The number of aromatic nitrogens is 4. The largest absolute Gasteiger partial charge is 0.463 e. The van der Waals surface area contributed by atoms with Gasteiger partial charge in [0.25, 0.3) is 5.91 Å². The predicted molar refractivity (Wildman–Crippen MR) is 86.9 cm³/mol. The number of hydrogen-bond donors (Lipinski definition) is 0. The topological polar surface area (TPSA) is 90.3 Å². The lowest BCUT2D eigenvalue weighted by atomic mass is 9.82. The van der Waals surface area contributed by atoms with Gasteiger partial charge in [-0.1, -0.05) is 0 Å². The van der Waals surface area contributed by atoms with Crippen LogP contribution in [0.3, 0.4) is 0 Å². The fraction of sp³-hybridized carbons (Fsp3) is 0.471. The molecule has 2 saturated heterocycles. The molecule has 4 heterocycles. The van der Waals surface area contributed by atoms with Gasteiger partial charge in [0.15, 0.2) is 0 Å². The van der Waals surface area contributed by atoms with Crippen molar-refractivity contribution >= 4 is 5.91 Å². The maximum atomic E-state index is 12.7. The minimum absolute atomic E-state index is 0.0806. The lowest BCUT2D eigenvalue weighted by Crippen LogP contribution is -2.38. The van der Waals surface area contributed by atoms with E-state index in [1.807, 2.05) is 17.9 Å². The molecule has 4 rings (SSSR count). The van der Waals surface area contributed by atoms with Crippen LogP contribution in [0.2, 0.25) is 0 Å². The molecule has 2 aliphatic rings. The maximum Gasteiger partial charge on any atom is 0.316 e. The zero-order valence-corrected chi connectivity index (χ0v) is 14.0. The van der Waals surface area contributed by atoms with Crippen molar-refractivity contribution in [1.82, 2.24) is 24.8 Å². The summed E-state index contributed by atoms with van der Waals surface area (Å²) in [6.07, 6.45) is 4.65. The molecule has 0 aliphatic carbocycles. The number of fused-ring (bicyclic) bond motifs is 1. The van der Waals surface area contributed by atoms with Gasteiger partial charge in [0.1, 0.15) is 18.6 Å². The summed E-state index contributed by atoms with van der Waals surface area (Å²) in [6.45, 7) is 4.73. The van der Waals surface area contributed by atoms with Crippen molar-refractivity contribution in [3.8, 4) is 6.01 Å². The molecule has 0 radical (unpaired) electrons. The first-order valence-corrected chi connectivity index (χ1v) is 8.22. The smallest absolute Gasteiger partial charge is 0.316 e. The number of aryl methyl sites for hydroxylation is 1. The Balaban J connectivity index is 1.48. The Labute approximate surface area is 145 Å². The number of carbonyl (C=O) groups is 1. The third-order valence-corrected chi connectivity index (χ3v) is 4.87. The summed E-state index contributed by atoms with van der Waals surface area (Å²) in [5, 5.41) is 0. The number of nitrogens with zero attached hydrogens (tertiary/aromatic N) is 5. The summed E-state index contributed by atoms with van der Waals surface area (Å²) in [6, 6.07) is 3.82. The van der Waals surface area contributed by atoms with Crippen LogP contribution in [0.1, 0.15) is 16.2 Å². The lowest BCUT2D eigenvalue weighted by Gasteiger charge is -2.26. The van der Waals surface area contributed by atoms with Crippen molar-refractivity contribution in [2.45, 2.75) is 6.92 Å². The molecule has 0 N–H and O–H groups in total. The first kappa shape index (κ1) is 15.9.